The van der Waals surface area contributed by atoms with Gasteiger partial charge < -0.3 is 0 Å². The molecule has 18 heavy (non-hydrogen) atoms. The molecule has 92 valence electrons. The molecule has 0 unspecified atom stereocenters. The van der Waals surface area contributed by atoms with Gasteiger partial charge in [-0.25, -0.2) is 4.39 Å². The maximum Gasteiger partial charge on any atom is 0.195 e. The van der Waals surface area contributed by atoms with Gasteiger partial charge in [0, 0.05) is 10.4 Å². The van der Waals surface area contributed by atoms with Gasteiger partial charge in [-0.05, 0) is 36.8 Å². The second-order valence-electron chi connectivity index (χ2n) is 3.84. The van der Waals surface area contributed by atoms with Gasteiger partial charge in [-0.3, -0.25) is 4.79 Å². The molecule has 0 spiro atoms. The first-order valence-corrected chi connectivity index (χ1v) is 6.58. The molecule has 0 amide bonds. The van der Waals surface area contributed by atoms with Crippen LogP contribution in [0.4, 0.5) is 4.39 Å². The number of halogens is 1. The van der Waals surface area contributed by atoms with Crippen molar-refractivity contribution < 1.29 is 9.18 Å². The third-order valence-electron chi connectivity index (χ3n) is 2.57. The summed E-state index contributed by atoms with van der Waals surface area (Å²) in [5.74, 6) is -0.398. The van der Waals surface area contributed by atoms with Crippen molar-refractivity contribution in [3.05, 3.63) is 63.6 Å². The van der Waals surface area contributed by atoms with Gasteiger partial charge in [0.05, 0.1) is 4.88 Å². The van der Waals surface area contributed by atoms with Crippen LogP contribution in [0.3, 0.4) is 0 Å². The fourth-order valence-electron chi connectivity index (χ4n) is 1.56. The van der Waals surface area contributed by atoms with Gasteiger partial charge in [0.25, 0.3) is 0 Å². The van der Waals surface area contributed by atoms with Crippen molar-refractivity contribution in [2.24, 2.45) is 0 Å². The van der Waals surface area contributed by atoms with E-state index in [2.05, 4.69) is 6.92 Å². The fourth-order valence-corrected chi connectivity index (χ4v) is 2.43. The van der Waals surface area contributed by atoms with E-state index in [1.54, 1.807) is 18.2 Å². The molecular weight excluding hydrogens is 247 g/mol. The highest BCUT2D eigenvalue weighted by Gasteiger charge is 2.05. The zero-order valence-corrected chi connectivity index (χ0v) is 10.8. The molecular formula is C15H13FOS. The molecule has 1 heterocycles. The van der Waals surface area contributed by atoms with Crippen molar-refractivity contribution >= 4 is 23.2 Å². The van der Waals surface area contributed by atoms with Gasteiger partial charge in [0.15, 0.2) is 5.78 Å². The van der Waals surface area contributed by atoms with E-state index in [1.165, 1.54) is 34.4 Å². The van der Waals surface area contributed by atoms with Crippen LogP contribution < -0.4 is 0 Å². The number of aryl methyl sites for hydroxylation is 1. The van der Waals surface area contributed by atoms with Gasteiger partial charge in [0.1, 0.15) is 5.82 Å². The van der Waals surface area contributed by atoms with E-state index in [1.807, 2.05) is 12.1 Å². The predicted molar refractivity (Wildman–Crippen MR) is 73.5 cm³/mol. The van der Waals surface area contributed by atoms with E-state index in [9.17, 15) is 9.18 Å². The molecule has 1 aromatic heterocycles. The first-order chi connectivity index (χ1) is 8.70. The van der Waals surface area contributed by atoms with Gasteiger partial charge in [-0.1, -0.05) is 25.1 Å². The molecule has 0 aliphatic heterocycles. The molecule has 2 aromatic rings. The summed E-state index contributed by atoms with van der Waals surface area (Å²) in [6.07, 6.45) is 3.86. The Morgan fingerprint density at radius 3 is 2.72 bits per heavy atom. The number of hydrogen-bond acceptors (Lipinski definition) is 2. The van der Waals surface area contributed by atoms with Crippen LogP contribution in [0.2, 0.25) is 0 Å². The Morgan fingerprint density at radius 2 is 2.06 bits per heavy atom. The molecule has 1 aromatic carbocycles. The maximum atomic E-state index is 13.3. The number of benzene rings is 1. The van der Waals surface area contributed by atoms with Gasteiger partial charge in [0.2, 0.25) is 0 Å². The Kier molecular flexibility index (Phi) is 4.05. The van der Waals surface area contributed by atoms with Crippen LogP contribution in [0.5, 0.6) is 0 Å². The quantitative estimate of drug-likeness (QED) is 0.590. The lowest BCUT2D eigenvalue weighted by Gasteiger charge is -1.94. The van der Waals surface area contributed by atoms with Crippen LogP contribution in [0, 0.1) is 5.82 Å². The fraction of sp³-hybridized carbons (Fsp3) is 0.133. The van der Waals surface area contributed by atoms with Gasteiger partial charge >= 0.3 is 0 Å². The molecule has 3 heteroatoms. The van der Waals surface area contributed by atoms with Crippen molar-refractivity contribution in [3.8, 4) is 0 Å². The van der Waals surface area contributed by atoms with Crippen LogP contribution in [-0.2, 0) is 6.42 Å². The molecule has 0 N–H and O–H groups in total. The third-order valence-corrected chi connectivity index (χ3v) is 3.82. The predicted octanol–water partition coefficient (Wildman–Crippen LogP) is 4.35. The first-order valence-electron chi connectivity index (χ1n) is 5.76. The molecule has 0 atom stereocenters. The van der Waals surface area contributed by atoms with Crippen molar-refractivity contribution in [1.29, 1.82) is 0 Å². The molecule has 2 rings (SSSR count). The van der Waals surface area contributed by atoms with Crippen molar-refractivity contribution in [1.82, 2.24) is 0 Å². The van der Waals surface area contributed by atoms with Crippen LogP contribution in [-0.4, -0.2) is 5.78 Å². The van der Waals surface area contributed by atoms with E-state index < -0.39 is 0 Å². The Hall–Kier alpha value is -1.74. The first kappa shape index (κ1) is 12.7. The summed E-state index contributed by atoms with van der Waals surface area (Å²) in [4.78, 5) is 13.7. The van der Waals surface area contributed by atoms with Crippen LogP contribution in [0.15, 0.2) is 42.5 Å². The average molecular weight is 260 g/mol. The lowest BCUT2D eigenvalue weighted by Crippen LogP contribution is -1.89. The van der Waals surface area contributed by atoms with E-state index in [0.29, 0.717) is 10.4 Å². The molecule has 0 radical (unpaired) electrons. The van der Waals surface area contributed by atoms with Gasteiger partial charge in [-0.2, -0.15) is 0 Å². The highest BCUT2D eigenvalue weighted by molar-refractivity contribution is 7.14. The summed E-state index contributed by atoms with van der Waals surface area (Å²) >= 11 is 1.49. The zero-order chi connectivity index (χ0) is 13.0. The number of hydrogen-bond donors (Lipinski definition) is 0. The van der Waals surface area contributed by atoms with Gasteiger partial charge in [-0.15, -0.1) is 11.3 Å². The average Bonchev–Trinajstić information content (AvgIpc) is 2.86. The standard InChI is InChI=1S/C15H13FOS/c1-2-12-8-10-15(18-12)14(17)9-7-11-5-3-4-6-13(11)16/h3-10H,2H2,1H3. The Bertz CT molecular complexity index is 584. The lowest BCUT2D eigenvalue weighted by molar-refractivity contribution is 0.105. The molecule has 1 nitrogen and oxygen atoms in total. The molecule has 0 saturated carbocycles. The van der Waals surface area contributed by atoms with Crippen LogP contribution in [0.25, 0.3) is 6.08 Å². The molecule has 0 fully saturated rings. The van der Waals surface area contributed by atoms with Crippen molar-refractivity contribution in [2.75, 3.05) is 0 Å². The zero-order valence-electron chi connectivity index (χ0n) is 10.0. The summed E-state index contributed by atoms with van der Waals surface area (Å²) in [5.41, 5.74) is 0.429. The number of ketones is 1. The minimum atomic E-state index is -0.318. The minimum Gasteiger partial charge on any atom is -0.288 e. The summed E-state index contributed by atoms with van der Waals surface area (Å²) in [6.45, 7) is 2.05. The van der Waals surface area contributed by atoms with E-state index in [-0.39, 0.29) is 11.6 Å². The van der Waals surface area contributed by atoms with Crippen LogP contribution >= 0.6 is 11.3 Å². The third kappa shape index (κ3) is 2.93. The largest absolute Gasteiger partial charge is 0.288 e. The topological polar surface area (TPSA) is 17.1 Å². The molecule has 0 saturated heterocycles. The van der Waals surface area contributed by atoms with E-state index >= 15 is 0 Å². The Labute approximate surface area is 110 Å². The molecule has 0 aliphatic carbocycles. The smallest absolute Gasteiger partial charge is 0.195 e. The number of thiophene rings is 1. The summed E-state index contributed by atoms with van der Waals surface area (Å²) in [5, 5.41) is 0. The lowest BCUT2D eigenvalue weighted by atomic mass is 10.2. The number of allylic oxidation sites excluding steroid dienone is 1. The minimum absolute atomic E-state index is 0.0806. The summed E-state index contributed by atoms with van der Waals surface area (Å²) < 4.78 is 13.3. The van der Waals surface area contributed by atoms with E-state index in [4.69, 9.17) is 0 Å². The second-order valence-corrected chi connectivity index (χ2v) is 5.01. The summed E-state index contributed by atoms with van der Waals surface area (Å²) in [6, 6.07) is 10.2. The van der Waals surface area contributed by atoms with Crippen LogP contribution in [0.1, 0.15) is 27.0 Å². The van der Waals surface area contributed by atoms with Crippen molar-refractivity contribution in [3.63, 3.8) is 0 Å². The number of rotatable bonds is 4. The maximum absolute atomic E-state index is 13.3. The normalized spacial score (nSPS) is 11.0. The second kappa shape index (κ2) is 5.74. The molecule has 0 bridgehead atoms. The number of carbonyl (C=O) groups is 1. The number of carbonyl (C=O) groups excluding carboxylic acids is 1. The molecule has 0 aliphatic rings. The Balaban J connectivity index is 2.14. The highest BCUT2D eigenvalue weighted by Crippen LogP contribution is 2.18. The SMILES string of the molecule is CCc1ccc(C(=O)C=Cc2ccccc2F)s1. The highest BCUT2D eigenvalue weighted by atomic mass is 32.1. The summed E-state index contributed by atoms with van der Waals surface area (Å²) in [7, 11) is 0. The Morgan fingerprint density at radius 1 is 1.28 bits per heavy atom. The monoisotopic (exact) mass is 260 g/mol. The van der Waals surface area contributed by atoms with Crippen molar-refractivity contribution in [2.45, 2.75) is 13.3 Å². The van der Waals surface area contributed by atoms with E-state index in [0.717, 1.165) is 6.42 Å².